The van der Waals surface area contributed by atoms with E-state index in [1.807, 2.05) is 13.0 Å². The summed E-state index contributed by atoms with van der Waals surface area (Å²) in [6.45, 7) is 12.2. The third-order valence-corrected chi connectivity index (χ3v) is 2.92. The van der Waals surface area contributed by atoms with Crippen LogP contribution in [0.4, 0.5) is 0 Å². The average Bonchev–Trinajstić information content (AvgIpc) is 2.96. The van der Waals surface area contributed by atoms with Crippen LogP contribution in [-0.4, -0.2) is 37.4 Å². The fraction of sp³-hybridized carbons (Fsp3) is 0.750. The number of aromatic nitrogens is 1. The maximum absolute atomic E-state index is 5.56. The summed E-state index contributed by atoms with van der Waals surface area (Å²) < 4.78 is 10.8. The minimum absolute atomic E-state index is 0.492. The molecule has 0 unspecified atom stereocenters. The largest absolute Gasteiger partial charge is 0.381 e. The molecule has 6 heteroatoms. The van der Waals surface area contributed by atoms with Crippen LogP contribution < -0.4 is 10.6 Å². The van der Waals surface area contributed by atoms with E-state index in [2.05, 4.69) is 41.6 Å². The third-order valence-electron chi connectivity index (χ3n) is 2.92. The highest BCUT2D eigenvalue weighted by atomic mass is 16.5. The van der Waals surface area contributed by atoms with Gasteiger partial charge in [-0.2, -0.15) is 0 Å². The molecule has 0 aliphatic carbocycles. The van der Waals surface area contributed by atoms with Crippen molar-refractivity contribution in [3.63, 3.8) is 0 Å². The lowest BCUT2D eigenvalue weighted by Crippen LogP contribution is -2.38. The van der Waals surface area contributed by atoms with Gasteiger partial charge in [0.25, 0.3) is 0 Å². The number of rotatable bonds is 10. The van der Waals surface area contributed by atoms with Crippen LogP contribution in [0.3, 0.4) is 0 Å². The molecule has 2 N–H and O–H groups in total. The second-order valence-electron chi connectivity index (χ2n) is 5.58. The molecule has 0 amide bonds. The van der Waals surface area contributed by atoms with E-state index < -0.39 is 0 Å². The fourth-order valence-electron chi connectivity index (χ4n) is 1.80. The molecule has 0 fully saturated rings. The van der Waals surface area contributed by atoms with Gasteiger partial charge in [-0.25, -0.2) is 4.99 Å². The van der Waals surface area contributed by atoms with E-state index in [9.17, 15) is 0 Å². The number of nitrogens with zero attached hydrogens (tertiary/aromatic N) is 2. The molecule has 1 rings (SSSR count). The Balaban J connectivity index is 2.29. The number of guanidine groups is 1. The van der Waals surface area contributed by atoms with Crippen molar-refractivity contribution >= 4 is 5.96 Å². The van der Waals surface area contributed by atoms with Gasteiger partial charge in [0.2, 0.25) is 0 Å². The molecule has 1 aromatic heterocycles. The van der Waals surface area contributed by atoms with Crippen LogP contribution in [0.15, 0.2) is 15.6 Å². The number of ether oxygens (including phenoxy) is 1. The minimum Gasteiger partial charge on any atom is -0.381 e. The Bertz CT molecular complexity index is 430. The molecule has 0 aliphatic heterocycles. The number of hydrogen-bond donors (Lipinski definition) is 2. The number of nitrogens with one attached hydrogen (secondary N) is 2. The van der Waals surface area contributed by atoms with Gasteiger partial charge in [0, 0.05) is 32.4 Å². The molecular weight excluding hydrogens is 280 g/mol. The lowest BCUT2D eigenvalue weighted by Gasteiger charge is -2.11. The van der Waals surface area contributed by atoms with E-state index in [1.54, 1.807) is 0 Å². The standard InChI is InChI=1S/C16H30N4O2/c1-5-14-10-15(22-20-14)11-19-16(17-6-2)18-8-7-9-21-12-13(3)4/h10,13H,5-9,11-12H2,1-4H3,(H2,17,18,19). The Morgan fingerprint density at radius 2 is 2.18 bits per heavy atom. The van der Waals surface area contributed by atoms with Gasteiger partial charge in [0.1, 0.15) is 6.54 Å². The van der Waals surface area contributed by atoms with Crippen LogP contribution in [0.25, 0.3) is 0 Å². The highest BCUT2D eigenvalue weighted by Crippen LogP contribution is 2.05. The molecule has 0 bridgehead atoms. The van der Waals surface area contributed by atoms with Gasteiger partial charge >= 0.3 is 0 Å². The molecule has 0 radical (unpaired) electrons. The number of aliphatic imine (C=N–C) groups is 1. The lowest BCUT2D eigenvalue weighted by atomic mass is 10.2. The van der Waals surface area contributed by atoms with Crippen molar-refractivity contribution in [1.82, 2.24) is 15.8 Å². The monoisotopic (exact) mass is 310 g/mol. The normalized spacial score (nSPS) is 12.0. The first-order valence-corrected chi connectivity index (χ1v) is 8.20. The van der Waals surface area contributed by atoms with Crippen molar-refractivity contribution in [1.29, 1.82) is 0 Å². The van der Waals surface area contributed by atoms with Crippen LogP contribution in [0.2, 0.25) is 0 Å². The zero-order chi connectivity index (χ0) is 16.2. The van der Waals surface area contributed by atoms with E-state index in [1.165, 1.54) is 0 Å². The van der Waals surface area contributed by atoms with E-state index >= 15 is 0 Å². The van der Waals surface area contributed by atoms with Gasteiger partial charge in [-0.15, -0.1) is 0 Å². The summed E-state index contributed by atoms with van der Waals surface area (Å²) in [4.78, 5) is 4.50. The maximum Gasteiger partial charge on any atom is 0.191 e. The van der Waals surface area contributed by atoms with E-state index in [0.29, 0.717) is 12.5 Å². The Morgan fingerprint density at radius 3 is 2.82 bits per heavy atom. The van der Waals surface area contributed by atoms with Crippen molar-refractivity contribution in [2.45, 2.75) is 47.1 Å². The summed E-state index contributed by atoms with van der Waals surface area (Å²) >= 11 is 0. The molecule has 1 heterocycles. The fourth-order valence-corrected chi connectivity index (χ4v) is 1.80. The molecule has 0 aliphatic rings. The van der Waals surface area contributed by atoms with Crippen molar-refractivity contribution in [2.24, 2.45) is 10.9 Å². The third kappa shape index (κ3) is 8.02. The van der Waals surface area contributed by atoms with Crippen LogP contribution >= 0.6 is 0 Å². The summed E-state index contributed by atoms with van der Waals surface area (Å²) in [6, 6.07) is 1.95. The van der Waals surface area contributed by atoms with Gasteiger partial charge in [-0.05, 0) is 25.7 Å². The van der Waals surface area contributed by atoms with Gasteiger partial charge in [0.05, 0.1) is 5.69 Å². The predicted octanol–water partition coefficient (Wildman–Crippen LogP) is 2.35. The molecule has 126 valence electrons. The second kappa shape index (κ2) is 11.1. The lowest BCUT2D eigenvalue weighted by molar-refractivity contribution is 0.108. The zero-order valence-corrected chi connectivity index (χ0v) is 14.3. The molecule has 22 heavy (non-hydrogen) atoms. The highest BCUT2D eigenvalue weighted by Gasteiger charge is 2.03. The van der Waals surface area contributed by atoms with Crippen molar-refractivity contribution in [3.05, 3.63) is 17.5 Å². The van der Waals surface area contributed by atoms with Gasteiger partial charge in [-0.1, -0.05) is 25.9 Å². The topological polar surface area (TPSA) is 71.7 Å². The Morgan fingerprint density at radius 1 is 1.36 bits per heavy atom. The zero-order valence-electron chi connectivity index (χ0n) is 14.3. The summed E-state index contributed by atoms with van der Waals surface area (Å²) in [6.07, 6.45) is 1.83. The molecule has 0 spiro atoms. The van der Waals surface area contributed by atoms with Crippen molar-refractivity contribution in [2.75, 3.05) is 26.3 Å². The van der Waals surface area contributed by atoms with Gasteiger partial charge in [-0.3, -0.25) is 0 Å². The molecule has 0 aromatic carbocycles. The first-order chi connectivity index (χ1) is 10.7. The first-order valence-electron chi connectivity index (χ1n) is 8.20. The Kier molecular flexibility index (Phi) is 9.30. The van der Waals surface area contributed by atoms with Crippen LogP contribution in [0.1, 0.15) is 45.6 Å². The summed E-state index contributed by atoms with van der Waals surface area (Å²) in [5.74, 6) is 2.16. The van der Waals surface area contributed by atoms with Gasteiger partial charge in [0.15, 0.2) is 11.7 Å². The van der Waals surface area contributed by atoms with E-state index in [4.69, 9.17) is 9.26 Å². The van der Waals surface area contributed by atoms with E-state index in [0.717, 1.165) is 56.6 Å². The highest BCUT2D eigenvalue weighted by molar-refractivity contribution is 5.79. The first kappa shape index (κ1) is 18.5. The Hall–Kier alpha value is -1.56. The molecule has 0 saturated carbocycles. The summed E-state index contributed by atoms with van der Waals surface area (Å²) in [7, 11) is 0. The Labute approximate surface area is 133 Å². The van der Waals surface area contributed by atoms with E-state index in [-0.39, 0.29) is 0 Å². The summed E-state index contributed by atoms with van der Waals surface area (Å²) in [5.41, 5.74) is 0.963. The van der Waals surface area contributed by atoms with Crippen LogP contribution in [0.5, 0.6) is 0 Å². The number of hydrogen-bond acceptors (Lipinski definition) is 4. The molecule has 0 saturated heterocycles. The van der Waals surface area contributed by atoms with Gasteiger partial charge < -0.3 is 19.9 Å². The summed E-state index contributed by atoms with van der Waals surface area (Å²) in [5, 5.41) is 10.5. The SMILES string of the molecule is CCNC(=NCc1cc(CC)no1)NCCCOCC(C)C. The van der Waals surface area contributed by atoms with Crippen LogP contribution in [-0.2, 0) is 17.7 Å². The van der Waals surface area contributed by atoms with Crippen molar-refractivity contribution in [3.8, 4) is 0 Å². The average molecular weight is 310 g/mol. The predicted molar refractivity (Wildman–Crippen MR) is 89.0 cm³/mol. The molecular formula is C16H30N4O2. The minimum atomic E-state index is 0.492. The quantitative estimate of drug-likeness (QED) is 0.394. The molecule has 1 aromatic rings. The molecule has 6 nitrogen and oxygen atoms in total. The number of aryl methyl sites for hydroxylation is 1. The second-order valence-corrected chi connectivity index (χ2v) is 5.58. The maximum atomic E-state index is 5.56. The smallest absolute Gasteiger partial charge is 0.191 e. The van der Waals surface area contributed by atoms with Crippen molar-refractivity contribution < 1.29 is 9.26 Å². The molecule has 0 atom stereocenters. The van der Waals surface area contributed by atoms with Crippen LogP contribution in [0, 0.1) is 5.92 Å².